The highest BCUT2D eigenvalue weighted by Crippen LogP contribution is 2.30. The van der Waals surface area contributed by atoms with Gasteiger partial charge in [0.25, 0.3) is 0 Å². The van der Waals surface area contributed by atoms with Gasteiger partial charge >= 0.3 is 0 Å². The lowest BCUT2D eigenvalue weighted by Gasteiger charge is -2.01. The van der Waals surface area contributed by atoms with Crippen LogP contribution in [0.1, 0.15) is 10.4 Å². The lowest BCUT2D eigenvalue weighted by Crippen LogP contribution is -2.05. The molecular formula is C15H9F3N2O. The van der Waals surface area contributed by atoms with Crippen molar-refractivity contribution >= 4 is 17.2 Å². The van der Waals surface area contributed by atoms with Gasteiger partial charge in [0.15, 0.2) is 5.78 Å². The molecule has 21 heavy (non-hydrogen) atoms. The Morgan fingerprint density at radius 3 is 2.24 bits per heavy atom. The van der Waals surface area contributed by atoms with Gasteiger partial charge < -0.3 is 10.6 Å². The van der Waals surface area contributed by atoms with Crippen molar-refractivity contribution in [3.8, 4) is 0 Å². The summed E-state index contributed by atoms with van der Waals surface area (Å²) in [4.78, 5) is 12.0. The number of hydrogen-bond donors (Lipinski definition) is 2. The summed E-state index contributed by atoms with van der Waals surface area (Å²) < 4.78 is 39.2. The molecule has 6 heteroatoms. The third kappa shape index (κ3) is 2.74. The second-order valence-electron chi connectivity index (χ2n) is 4.52. The Balaban J connectivity index is 1.85. The molecule has 0 unspecified atom stereocenters. The fourth-order valence-electron chi connectivity index (χ4n) is 2.03. The quantitative estimate of drug-likeness (QED) is 0.655. The summed E-state index contributed by atoms with van der Waals surface area (Å²) in [5, 5.41) is 5.67. The van der Waals surface area contributed by atoms with Gasteiger partial charge in [-0.2, -0.15) is 0 Å². The molecule has 1 heterocycles. The Kier molecular flexibility index (Phi) is 3.13. The highest BCUT2D eigenvalue weighted by Gasteiger charge is 2.16. The van der Waals surface area contributed by atoms with Crippen LogP contribution in [-0.4, -0.2) is 5.78 Å². The van der Waals surface area contributed by atoms with Gasteiger partial charge in [0.2, 0.25) is 0 Å². The van der Waals surface area contributed by atoms with Crippen molar-refractivity contribution in [2.24, 2.45) is 0 Å². The minimum absolute atomic E-state index is 0.106. The van der Waals surface area contributed by atoms with E-state index in [1.165, 1.54) is 18.2 Å². The van der Waals surface area contributed by atoms with Crippen LogP contribution < -0.4 is 10.6 Å². The highest BCUT2D eigenvalue weighted by molar-refractivity contribution is 6.06. The number of fused-ring (bicyclic) bond motifs is 1. The Bertz CT molecular complexity index is 751. The van der Waals surface area contributed by atoms with Crippen LogP contribution in [0.4, 0.5) is 24.5 Å². The maximum absolute atomic E-state index is 13.1. The summed E-state index contributed by atoms with van der Waals surface area (Å²) in [6, 6.07) is 6.66. The van der Waals surface area contributed by atoms with Gasteiger partial charge in [-0.3, -0.25) is 4.79 Å². The molecule has 0 saturated heterocycles. The van der Waals surface area contributed by atoms with Crippen molar-refractivity contribution in [3.05, 3.63) is 71.3 Å². The molecule has 0 atom stereocenters. The van der Waals surface area contributed by atoms with E-state index in [1.54, 1.807) is 0 Å². The Labute approximate surface area is 118 Å². The second kappa shape index (κ2) is 4.97. The van der Waals surface area contributed by atoms with Gasteiger partial charge in [0.1, 0.15) is 23.3 Å². The van der Waals surface area contributed by atoms with Crippen molar-refractivity contribution in [2.45, 2.75) is 0 Å². The van der Waals surface area contributed by atoms with Crippen molar-refractivity contribution in [1.29, 1.82) is 0 Å². The Morgan fingerprint density at radius 1 is 0.857 bits per heavy atom. The van der Waals surface area contributed by atoms with Crippen LogP contribution in [0, 0.1) is 17.5 Å². The molecule has 0 fully saturated rings. The number of anilines is 2. The second-order valence-corrected chi connectivity index (χ2v) is 4.52. The SMILES string of the molecule is O=C(/C=C1/Nc2ccc(F)cc2N1)c1cc(F)cc(F)c1. The van der Waals surface area contributed by atoms with E-state index in [0.29, 0.717) is 23.3 Å². The predicted molar refractivity (Wildman–Crippen MR) is 72.4 cm³/mol. The van der Waals surface area contributed by atoms with Crippen molar-refractivity contribution in [2.75, 3.05) is 10.6 Å². The zero-order chi connectivity index (χ0) is 15.0. The summed E-state index contributed by atoms with van der Waals surface area (Å²) in [5.41, 5.74) is 0.992. The van der Waals surface area contributed by atoms with E-state index in [9.17, 15) is 18.0 Å². The summed E-state index contributed by atoms with van der Waals surface area (Å²) >= 11 is 0. The van der Waals surface area contributed by atoms with E-state index in [-0.39, 0.29) is 5.56 Å². The van der Waals surface area contributed by atoms with Gasteiger partial charge in [0.05, 0.1) is 11.4 Å². The fourth-order valence-corrected chi connectivity index (χ4v) is 2.03. The largest absolute Gasteiger partial charge is 0.340 e. The number of nitrogens with one attached hydrogen (secondary N) is 2. The molecule has 0 aromatic heterocycles. The zero-order valence-corrected chi connectivity index (χ0v) is 10.6. The van der Waals surface area contributed by atoms with Gasteiger partial charge in [-0.05, 0) is 30.3 Å². The average Bonchev–Trinajstić information content (AvgIpc) is 2.78. The monoisotopic (exact) mass is 290 g/mol. The van der Waals surface area contributed by atoms with E-state index in [0.717, 1.165) is 18.2 Å². The van der Waals surface area contributed by atoms with Crippen LogP contribution in [0.25, 0.3) is 0 Å². The molecular weight excluding hydrogens is 281 g/mol. The first-order chi connectivity index (χ1) is 10.0. The van der Waals surface area contributed by atoms with Crippen molar-refractivity contribution in [1.82, 2.24) is 0 Å². The molecule has 0 spiro atoms. The molecule has 1 aliphatic heterocycles. The normalized spacial score (nSPS) is 14.5. The molecule has 0 saturated carbocycles. The van der Waals surface area contributed by atoms with E-state index in [4.69, 9.17) is 0 Å². The topological polar surface area (TPSA) is 41.1 Å². The van der Waals surface area contributed by atoms with Gasteiger partial charge in [0, 0.05) is 17.7 Å². The Morgan fingerprint density at radius 2 is 1.52 bits per heavy atom. The molecule has 2 aromatic carbocycles. The minimum Gasteiger partial charge on any atom is -0.340 e. The molecule has 0 aliphatic carbocycles. The number of rotatable bonds is 2. The van der Waals surface area contributed by atoms with Gasteiger partial charge in [-0.25, -0.2) is 13.2 Å². The maximum atomic E-state index is 13.1. The standard InChI is InChI=1S/C15H9F3N2O/c16-9-1-2-12-13(6-9)20-15(19-12)7-14(21)8-3-10(17)5-11(18)4-8/h1-7,19-20H/b15-7-. The third-order valence-electron chi connectivity index (χ3n) is 2.94. The maximum Gasteiger partial charge on any atom is 0.189 e. The summed E-state index contributed by atoms with van der Waals surface area (Å²) in [5.74, 6) is -2.33. The third-order valence-corrected chi connectivity index (χ3v) is 2.94. The van der Waals surface area contributed by atoms with E-state index >= 15 is 0 Å². The summed E-state index contributed by atoms with van der Waals surface area (Å²) in [6.45, 7) is 0. The molecule has 0 bridgehead atoms. The molecule has 2 aromatic rings. The smallest absolute Gasteiger partial charge is 0.189 e. The van der Waals surface area contributed by atoms with E-state index in [2.05, 4.69) is 10.6 Å². The van der Waals surface area contributed by atoms with Crippen molar-refractivity contribution in [3.63, 3.8) is 0 Å². The van der Waals surface area contributed by atoms with Gasteiger partial charge in [-0.15, -0.1) is 0 Å². The van der Waals surface area contributed by atoms with Crippen LogP contribution in [0.5, 0.6) is 0 Å². The van der Waals surface area contributed by atoms with E-state index in [1.807, 2.05) is 0 Å². The predicted octanol–water partition coefficient (Wildman–Crippen LogP) is 3.67. The van der Waals surface area contributed by atoms with E-state index < -0.39 is 23.2 Å². The molecule has 106 valence electrons. The summed E-state index contributed by atoms with van der Waals surface area (Å²) in [6.07, 6.45) is 1.16. The number of halogens is 3. The molecule has 3 nitrogen and oxygen atoms in total. The number of hydrogen-bond acceptors (Lipinski definition) is 3. The first-order valence-electron chi connectivity index (χ1n) is 6.07. The molecule has 1 aliphatic rings. The number of carbonyl (C=O) groups excluding carboxylic acids is 1. The lowest BCUT2D eigenvalue weighted by atomic mass is 10.1. The zero-order valence-electron chi connectivity index (χ0n) is 10.6. The molecule has 3 rings (SSSR count). The van der Waals surface area contributed by atoms with Gasteiger partial charge in [-0.1, -0.05) is 0 Å². The average molecular weight is 290 g/mol. The first-order valence-corrected chi connectivity index (χ1v) is 6.07. The van der Waals surface area contributed by atoms with Crippen LogP contribution in [0.3, 0.4) is 0 Å². The van der Waals surface area contributed by atoms with Crippen LogP contribution in [-0.2, 0) is 0 Å². The number of benzene rings is 2. The van der Waals surface area contributed by atoms with Crippen molar-refractivity contribution < 1.29 is 18.0 Å². The minimum atomic E-state index is -0.825. The first kappa shape index (κ1) is 13.2. The molecule has 0 amide bonds. The van der Waals surface area contributed by atoms with Crippen LogP contribution >= 0.6 is 0 Å². The summed E-state index contributed by atoms with van der Waals surface area (Å²) in [7, 11) is 0. The number of carbonyl (C=O) groups is 1. The fraction of sp³-hybridized carbons (Fsp3) is 0. The Hall–Kier alpha value is -2.76. The molecule has 2 N–H and O–H groups in total. The number of ketones is 1. The number of allylic oxidation sites excluding steroid dienone is 1. The lowest BCUT2D eigenvalue weighted by molar-refractivity contribution is 0.104. The van der Waals surface area contributed by atoms with Crippen LogP contribution in [0.15, 0.2) is 48.3 Å². The highest BCUT2D eigenvalue weighted by atomic mass is 19.1. The van der Waals surface area contributed by atoms with Crippen LogP contribution in [0.2, 0.25) is 0 Å². The molecule has 0 radical (unpaired) electrons.